The Labute approximate surface area is 143 Å². The average molecular weight is 346 g/mol. The van der Waals surface area contributed by atoms with Crippen LogP contribution in [-0.2, 0) is 14.1 Å². The molecule has 0 radical (unpaired) electrons. The average Bonchev–Trinajstić information content (AvgIpc) is 2.62. The standard InChI is InChI=1S/C17H19FN4O3/c1-19-14(11-15(23)20(2)17(19)25)21-6-8-22(9-7-21)16(24)12-4-3-5-13(18)10-12/h3-5,10-11H,6-9H2,1-2H3. The summed E-state index contributed by atoms with van der Waals surface area (Å²) in [6, 6.07) is 7.03. The van der Waals surface area contributed by atoms with Gasteiger partial charge in [0.25, 0.3) is 11.5 Å². The van der Waals surface area contributed by atoms with Crippen molar-refractivity contribution < 1.29 is 9.18 Å². The van der Waals surface area contributed by atoms with Crippen molar-refractivity contribution >= 4 is 11.7 Å². The summed E-state index contributed by atoms with van der Waals surface area (Å²) in [6.07, 6.45) is 0. The molecule has 0 aliphatic carbocycles. The minimum atomic E-state index is -0.445. The van der Waals surface area contributed by atoms with Crippen molar-refractivity contribution in [3.63, 3.8) is 0 Å². The number of amides is 1. The third kappa shape index (κ3) is 3.19. The Morgan fingerprint density at radius 3 is 2.32 bits per heavy atom. The van der Waals surface area contributed by atoms with Gasteiger partial charge in [0.15, 0.2) is 0 Å². The van der Waals surface area contributed by atoms with Gasteiger partial charge in [0, 0.05) is 51.9 Å². The molecule has 0 bridgehead atoms. The van der Waals surface area contributed by atoms with Crippen LogP contribution >= 0.6 is 0 Å². The summed E-state index contributed by atoms with van der Waals surface area (Å²) in [6.45, 7) is 1.83. The molecule has 3 rings (SSSR count). The highest BCUT2D eigenvalue weighted by Gasteiger charge is 2.24. The van der Waals surface area contributed by atoms with E-state index in [1.807, 2.05) is 4.90 Å². The molecule has 1 aromatic heterocycles. The number of piperazine rings is 1. The first-order valence-electron chi connectivity index (χ1n) is 7.95. The largest absolute Gasteiger partial charge is 0.354 e. The lowest BCUT2D eigenvalue weighted by molar-refractivity contribution is 0.0746. The monoisotopic (exact) mass is 346 g/mol. The van der Waals surface area contributed by atoms with Crippen LogP contribution in [0.4, 0.5) is 10.2 Å². The first-order valence-corrected chi connectivity index (χ1v) is 7.95. The minimum Gasteiger partial charge on any atom is -0.354 e. The fourth-order valence-electron chi connectivity index (χ4n) is 2.97. The van der Waals surface area contributed by atoms with Crippen LogP contribution in [-0.4, -0.2) is 46.1 Å². The van der Waals surface area contributed by atoms with Gasteiger partial charge in [-0.25, -0.2) is 9.18 Å². The summed E-state index contributed by atoms with van der Waals surface area (Å²) in [4.78, 5) is 39.9. The third-order valence-electron chi connectivity index (χ3n) is 4.46. The van der Waals surface area contributed by atoms with Gasteiger partial charge >= 0.3 is 5.69 Å². The zero-order valence-electron chi connectivity index (χ0n) is 14.1. The van der Waals surface area contributed by atoms with Crippen LogP contribution in [0.2, 0.25) is 0 Å². The minimum absolute atomic E-state index is 0.225. The molecule has 0 N–H and O–H groups in total. The first-order chi connectivity index (χ1) is 11.9. The van der Waals surface area contributed by atoms with Gasteiger partial charge in [-0.2, -0.15) is 0 Å². The number of carbonyl (C=O) groups is 1. The smallest absolute Gasteiger partial charge is 0.332 e. The van der Waals surface area contributed by atoms with Crippen molar-refractivity contribution in [2.45, 2.75) is 0 Å². The maximum atomic E-state index is 13.3. The fourth-order valence-corrected chi connectivity index (χ4v) is 2.97. The molecular formula is C17H19FN4O3. The highest BCUT2D eigenvalue weighted by Crippen LogP contribution is 2.15. The van der Waals surface area contributed by atoms with Crippen molar-refractivity contribution in [3.05, 3.63) is 62.6 Å². The maximum Gasteiger partial charge on any atom is 0.332 e. The maximum absolute atomic E-state index is 13.3. The Morgan fingerprint density at radius 1 is 1.00 bits per heavy atom. The van der Waals surface area contributed by atoms with E-state index < -0.39 is 5.82 Å². The molecule has 0 atom stereocenters. The van der Waals surface area contributed by atoms with Gasteiger partial charge < -0.3 is 9.80 Å². The number of hydrogen-bond acceptors (Lipinski definition) is 4. The van der Waals surface area contributed by atoms with Crippen LogP contribution in [0.15, 0.2) is 39.9 Å². The van der Waals surface area contributed by atoms with E-state index in [2.05, 4.69) is 0 Å². The molecule has 7 nitrogen and oxygen atoms in total. The summed E-state index contributed by atoms with van der Waals surface area (Å²) in [5.74, 6) is -0.136. The summed E-state index contributed by atoms with van der Waals surface area (Å²) in [5, 5.41) is 0. The number of nitrogens with zero attached hydrogens (tertiary/aromatic N) is 4. The number of rotatable bonds is 2. The van der Waals surface area contributed by atoms with Crippen LogP contribution in [0.3, 0.4) is 0 Å². The molecule has 1 fully saturated rings. The summed E-state index contributed by atoms with van der Waals surface area (Å²) < 4.78 is 15.8. The van der Waals surface area contributed by atoms with Crippen molar-refractivity contribution in [2.75, 3.05) is 31.1 Å². The SMILES string of the molecule is Cn1c(N2CCN(C(=O)c3cccc(F)c3)CC2)cc(=O)n(C)c1=O. The van der Waals surface area contributed by atoms with Gasteiger partial charge in [-0.05, 0) is 18.2 Å². The van der Waals surface area contributed by atoms with E-state index in [9.17, 15) is 18.8 Å². The molecule has 1 amide bonds. The number of hydrogen-bond donors (Lipinski definition) is 0. The van der Waals surface area contributed by atoms with E-state index in [-0.39, 0.29) is 17.2 Å². The lowest BCUT2D eigenvalue weighted by Gasteiger charge is -2.36. The van der Waals surface area contributed by atoms with Gasteiger partial charge in [-0.3, -0.25) is 18.7 Å². The Balaban J connectivity index is 1.76. The second-order valence-electron chi connectivity index (χ2n) is 6.03. The molecular weight excluding hydrogens is 327 g/mol. The Hall–Kier alpha value is -2.90. The van der Waals surface area contributed by atoms with Gasteiger partial charge in [-0.15, -0.1) is 0 Å². The van der Waals surface area contributed by atoms with Crippen LogP contribution in [0.25, 0.3) is 0 Å². The summed E-state index contributed by atoms with van der Waals surface area (Å²) in [5.41, 5.74) is -0.438. The van der Waals surface area contributed by atoms with Gasteiger partial charge in [0.2, 0.25) is 0 Å². The summed E-state index contributed by atoms with van der Waals surface area (Å²) >= 11 is 0. The highest BCUT2D eigenvalue weighted by atomic mass is 19.1. The number of aromatic nitrogens is 2. The molecule has 0 spiro atoms. The van der Waals surface area contributed by atoms with Crippen molar-refractivity contribution in [3.8, 4) is 0 Å². The van der Waals surface area contributed by atoms with Crippen molar-refractivity contribution in [2.24, 2.45) is 14.1 Å². The van der Waals surface area contributed by atoms with Gasteiger partial charge in [-0.1, -0.05) is 6.07 Å². The van der Waals surface area contributed by atoms with Crippen molar-refractivity contribution in [1.29, 1.82) is 0 Å². The highest BCUT2D eigenvalue weighted by molar-refractivity contribution is 5.94. The lowest BCUT2D eigenvalue weighted by atomic mass is 10.1. The third-order valence-corrected chi connectivity index (χ3v) is 4.46. The predicted molar refractivity (Wildman–Crippen MR) is 91.4 cm³/mol. The van der Waals surface area contributed by atoms with Crippen LogP contribution in [0.5, 0.6) is 0 Å². The predicted octanol–water partition coefficient (Wildman–Crippen LogP) is 0.185. The van der Waals surface area contributed by atoms with Crippen LogP contribution < -0.4 is 16.1 Å². The lowest BCUT2D eigenvalue weighted by Crippen LogP contribution is -2.51. The Kier molecular flexibility index (Phi) is 4.43. The zero-order chi connectivity index (χ0) is 18.1. The Bertz CT molecular complexity index is 926. The quantitative estimate of drug-likeness (QED) is 0.778. The molecule has 25 heavy (non-hydrogen) atoms. The number of anilines is 1. The second-order valence-corrected chi connectivity index (χ2v) is 6.03. The van der Waals surface area contributed by atoms with Crippen LogP contribution in [0.1, 0.15) is 10.4 Å². The molecule has 2 aromatic rings. The normalized spacial score (nSPS) is 14.7. The molecule has 1 aliphatic rings. The molecule has 8 heteroatoms. The van der Waals surface area contributed by atoms with E-state index in [1.165, 1.54) is 35.9 Å². The number of benzene rings is 1. The van der Waals surface area contributed by atoms with E-state index in [1.54, 1.807) is 18.0 Å². The second kappa shape index (κ2) is 6.54. The molecule has 2 heterocycles. The molecule has 0 unspecified atom stereocenters. The van der Waals surface area contributed by atoms with Gasteiger partial charge in [0.1, 0.15) is 11.6 Å². The zero-order valence-corrected chi connectivity index (χ0v) is 14.1. The molecule has 1 saturated heterocycles. The molecule has 0 saturated carbocycles. The van der Waals surface area contributed by atoms with Crippen molar-refractivity contribution in [1.82, 2.24) is 14.0 Å². The topological polar surface area (TPSA) is 67.5 Å². The van der Waals surface area contributed by atoms with Crippen LogP contribution in [0, 0.1) is 5.82 Å². The van der Waals surface area contributed by atoms with E-state index in [0.717, 1.165) is 4.57 Å². The van der Waals surface area contributed by atoms with Gasteiger partial charge in [0.05, 0.1) is 0 Å². The number of carbonyl (C=O) groups excluding carboxylic acids is 1. The molecule has 1 aliphatic heterocycles. The first kappa shape index (κ1) is 16.9. The Morgan fingerprint density at radius 2 is 1.68 bits per heavy atom. The van der Waals surface area contributed by atoms with E-state index >= 15 is 0 Å². The van der Waals surface area contributed by atoms with E-state index in [4.69, 9.17) is 0 Å². The number of halogens is 1. The fraction of sp³-hybridized carbons (Fsp3) is 0.353. The molecule has 132 valence electrons. The summed E-state index contributed by atoms with van der Waals surface area (Å²) in [7, 11) is 3.05. The van der Waals surface area contributed by atoms with E-state index in [0.29, 0.717) is 37.6 Å². The molecule has 1 aromatic carbocycles.